The first-order valence-corrected chi connectivity index (χ1v) is 5.22. The van der Waals surface area contributed by atoms with Gasteiger partial charge in [0.05, 0.1) is 6.54 Å². The van der Waals surface area contributed by atoms with Gasteiger partial charge in [-0.1, -0.05) is 13.8 Å². The summed E-state index contributed by atoms with van der Waals surface area (Å²) < 4.78 is 0. The molecule has 3 unspecified atom stereocenters. The zero-order chi connectivity index (χ0) is 9.42. The van der Waals surface area contributed by atoms with Gasteiger partial charge in [-0.25, -0.2) is 0 Å². The van der Waals surface area contributed by atoms with E-state index in [9.17, 15) is 0 Å². The Balaban J connectivity index is 1.96. The predicted molar refractivity (Wildman–Crippen MR) is 54.8 cm³/mol. The molecule has 0 bridgehead atoms. The summed E-state index contributed by atoms with van der Waals surface area (Å²) in [5, 5.41) is 3.41. The third-order valence-electron chi connectivity index (χ3n) is 3.18. The van der Waals surface area contributed by atoms with Crippen molar-refractivity contribution in [2.45, 2.75) is 26.8 Å². The minimum absolute atomic E-state index is 0.529. The zero-order valence-electron chi connectivity index (χ0n) is 8.75. The van der Waals surface area contributed by atoms with Crippen LogP contribution in [0.15, 0.2) is 4.99 Å². The van der Waals surface area contributed by atoms with Crippen molar-refractivity contribution < 1.29 is 0 Å². The molecule has 0 radical (unpaired) electrons. The minimum Gasteiger partial charge on any atom is -0.352 e. The lowest BCUT2D eigenvalue weighted by atomic mass is 10.0. The van der Waals surface area contributed by atoms with Crippen LogP contribution in [0.4, 0.5) is 0 Å². The van der Waals surface area contributed by atoms with Crippen LogP contribution >= 0.6 is 0 Å². The Kier molecular flexibility index (Phi) is 2.18. The summed E-state index contributed by atoms with van der Waals surface area (Å²) >= 11 is 0. The molecule has 3 nitrogen and oxygen atoms in total. The second-order valence-electron chi connectivity index (χ2n) is 4.57. The number of nitrogens with zero attached hydrogens (tertiary/aromatic N) is 2. The van der Waals surface area contributed by atoms with E-state index >= 15 is 0 Å². The van der Waals surface area contributed by atoms with Gasteiger partial charge in [0.2, 0.25) is 0 Å². The summed E-state index contributed by atoms with van der Waals surface area (Å²) in [5.41, 5.74) is 0. The van der Waals surface area contributed by atoms with Crippen LogP contribution in [0.25, 0.3) is 0 Å². The van der Waals surface area contributed by atoms with E-state index in [2.05, 4.69) is 36.0 Å². The van der Waals surface area contributed by atoms with Crippen molar-refractivity contribution in [3.63, 3.8) is 0 Å². The van der Waals surface area contributed by atoms with Gasteiger partial charge in [-0.3, -0.25) is 4.99 Å². The molecule has 2 aliphatic rings. The van der Waals surface area contributed by atoms with E-state index in [0.717, 1.165) is 24.3 Å². The van der Waals surface area contributed by atoms with Gasteiger partial charge in [-0.15, -0.1) is 0 Å². The summed E-state index contributed by atoms with van der Waals surface area (Å²) in [6.45, 7) is 10.1. The van der Waals surface area contributed by atoms with Crippen molar-refractivity contribution in [1.29, 1.82) is 0 Å². The zero-order valence-corrected chi connectivity index (χ0v) is 8.75. The Morgan fingerprint density at radius 1 is 1.23 bits per heavy atom. The topological polar surface area (TPSA) is 27.6 Å². The number of rotatable bonds is 0. The smallest absolute Gasteiger partial charge is 0.194 e. The summed E-state index contributed by atoms with van der Waals surface area (Å²) in [4.78, 5) is 6.89. The highest BCUT2D eigenvalue weighted by Crippen LogP contribution is 2.22. The monoisotopic (exact) mass is 181 g/mol. The summed E-state index contributed by atoms with van der Waals surface area (Å²) in [6.07, 6.45) is 0. The second kappa shape index (κ2) is 3.20. The van der Waals surface area contributed by atoms with E-state index in [1.54, 1.807) is 0 Å². The Morgan fingerprint density at radius 3 is 2.31 bits per heavy atom. The molecule has 1 saturated heterocycles. The summed E-state index contributed by atoms with van der Waals surface area (Å²) in [6, 6.07) is 0.529. The molecule has 74 valence electrons. The van der Waals surface area contributed by atoms with Crippen molar-refractivity contribution in [1.82, 2.24) is 10.2 Å². The van der Waals surface area contributed by atoms with Gasteiger partial charge >= 0.3 is 0 Å². The van der Waals surface area contributed by atoms with Crippen LogP contribution in [-0.4, -0.2) is 36.5 Å². The van der Waals surface area contributed by atoms with Gasteiger partial charge in [0.15, 0.2) is 5.96 Å². The van der Waals surface area contributed by atoms with Crippen LogP contribution in [0.3, 0.4) is 0 Å². The molecule has 2 heterocycles. The van der Waals surface area contributed by atoms with Gasteiger partial charge in [-0.2, -0.15) is 0 Å². The fraction of sp³-hybridized carbons (Fsp3) is 0.900. The molecule has 0 saturated carbocycles. The Morgan fingerprint density at radius 2 is 1.85 bits per heavy atom. The highest BCUT2D eigenvalue weighted by atomic mass is 15.3. The summed E-state index contributed by atoms with van der Waals surface area (Å²) in [7, 11) is 0. The van der Waals surface area contributed by atoms with Gasteiger partial charge in [0, 0.05) is 19.1 Å². The van der Waals surface area contributed by atoms with Crippen molar-refractivity contribution in [3.8, 4) is 0 Å². The lowest BCUT2D eigenvalue weighted by Gasteiger charge is -2.18. The number of nitrogens with one attached hydrogen (secondary N) is 1. The first kappa shape index (κ1) is 8.85. The lowest BCUT2D eigenvalue weighted by molar-refractivity contribution is 0.475. The third kappa shape index (κ3) is 1.64. The van der Waals surface area contributed by atoms with Gasteiger partial charge in [0.25, 0.3) is 0 Å². The number of aliphatic imine (C=N–C) groups is 1. The van der Waals surface area contributed by atoms with Crippen molar-refractivity contribution in [3.05, 3.63) is 0 Å². The first-order chi connectivity index (χ1) is 6.16. The van der Waals surface area contributed by atoms with Crippen LogP contribution in [0.1, 0.15) is 20.8 Å². The molecule has 0 aliphatic carbocycles. The predicted octanol–water partition coefficient (Wildman–Crippen LogP) is 0.922. The number of hydrogen-bond acceptors (Lipinski definition) is 3. The van der Waals surface area contributed by atoms with E-state index in [4.69, 9.17) is 0 Å². The maximum atomic E-state index is 4.50. The largest absolute Gasteiger partial charge is 0.352 e. The maximum Gasteiger partial charge on any atom is 0.194 e. The van der Waals surface area contributed by atoms with E-state index < -0.39 is 0 Å². The van der Waals surface area contributed by atoms with E-state index in [1.165, 1.54) is 13.1 Å². The lowest BCUT2D eigenvalue weighted by Crippen LogP contribution is -2.40. The standard InChI is InChI=1S/C10H19N3/c1-7-5-13(6-8(7)2)10-11-4-9(3)12-10/h7-9H,4-6H2,1-3H3,(H,11,12). The molecule has 0 aromatic carbocycles. The van der Waals surface area contributed by atoms with E-state index in [1.807, 2.05) is 0 Å². The normalized spacial score (nSPS) is 39.2. The Labute approximate surface area is 80.2 Å². The molecule has 0 spiro atoms. The molecular formula is C10H19N3. The van der Waals surface area contributed by atoms with Crippen LogP contribution in [-0.2, 0) is 0 Å². The molecule has 1 N–H and O–H groups in total. The SMILES string of the molecule is CC1CN=C(N2CC(C)C(C)C2)N1. The fourth-order valence-corrected chi connectivity index (χ4v) is 2.03. The van der Waals surface area contributed by atoms with Crippen LogP contribution < -0.4 is 5.32 Å². The number of hydrogen-bond donors (Lipinski definition) is 1. The van der Waals surface area contributed by atoms with E-state index in [0.29, 0.717) is 6.04 Å². The third-order valence-corrected chi connectivity index (χ3v) is 3.18. The Hall–Kier alpha value is -0.730. The molecular weight excluding hydrogens is 162 g/mol. The fourth-order valence-electron chi connectivity index (χ4n) is 2.03. The molecule has 3 atom stereocenters. The van der Waals surface area contributed by atoms with Crippen LogP contribution in [0, 0.1) is 11.8 Å². The van der Waals surface area contributed by atoms with Crippen molar-refractivity contribution in [2.24, 2.45) is 16.8 Å². The second-order valence-corrected chi connectivity index (χ2v) is 4.57. The first-order valence-electron chi connectivity index (χ1n) is 5.22. The molecule has 2 aliphatic heterocycles. The highest BCUT2D eigenvalue weighted by Gasteiger charge is 2.30. The molecule has 2 rings (SSSR count). The Bertz CT molecular complexity index is 214. The van der Waals surface area contributed by atoms with Gasteiger partial charge in [0.1, 0.15) is 0 Å². The number of guanidine groups is 1. The summed E-state index contributed by atoms with van der Waals surface area (Å²) in [5.74, 6) is 2.74. The van der Waals surface area contributed by atoms with Crippen molar-refractivity contribution in [2.75, 3.05) is 19.6 Å². The molecule has 1 fully saturated rings. The quantitative estimate of drug-likeness (QED) is 0.602. The molecule has 0 aromatic heterocycles. The van der Waals surface area contributed by atoms with Crippen LogP contribution in [0.2, 0.25) is 0 Å². The average Bonchev–Trinajstić information content (AvgIpc) is 2.61. The minimum atomic E-state index is 0.529. The van der Waals surface area contributed by atoms with Crippen molar-refractivity contribution >= 4 is 5.96 Å². The van der Waals surface area contributed by atoms with E-state index in [-0.39, 0.29) is 0 Å². The van der Waals surface area contributed by atoms with Gasteiger partial charge < -0.3 is 10.2 Å². The molecule has 3 heteroatoms. The van der Waals surface area contributed by atoms with Crippen LogP contribution in [0.5, 0.6) is 0 Å². The molecule has 0 aromatic rings. The highest BCUT2D eigenvalue weighted by molar-refractivity contribution is 5.82. The molecule has 0 amide bonds. The number of likely N-dealkylation sites (tertiary alicyclic amines) is 1. The van der Waals surface area contributed by atoms with Gasteiger partial charge in [-0.05, 0) is 18.8 Å². The maximum absolute atomic E-state index is 4.50. The molecule has 13 heavy (non-hydrogen) atoms. The average molecular weight is 181 g/mol.